The second-order valence-corrected chi connectivity index (χ2v) is 10.2. The molecule has 0 fully saturated rings. The van der Waals surface area contributed by atoms with Gasteiger partial charge in [-0.05, 0) is 41.8 Å². The summed E-state index contributed by atoms with van der Waals surface area (Å²) < 4.78 is 92.9. The molecule has 2 atom stereocenters. The highest BCUT2D eigenvalue weighted by Gasteiger charge is 2.40. The van der Waals surface area contributed by atoms with Gasteiger partial charge in [-0.1, -0.05) is 59.4 Å². The molecule has 2 nitrogen and oxygen atoms in total. The maximum atomic E-state index is 14.9. The number of Topliss-reactive ketones (excluding diaryl/α,β-unsaturated/α-hetero) is 2. The Hall–Kier alpha value is -1.81. The zero-order valence-electron chi connectivity index (χ0n) is 19.4. The van der Waals surface area contributed by atoms with E-state index >= 15 is 0 Å². The molecule has 0 saturated carbocycles. The van der Waals surface area contributed by atoms with Crippen LogP contribution < -0.4 is 0 Å². The topological polar surface area (TPSA) is 34.1 Å². The van der Waals surface area contributed by atoms with Crippen molar-refractivity contribution in [1.29, 1.82) is 0 Å². The molecule has 38 heavy (non-hydrogen) atoms. The molecule has 0 amide bonds. The van der Waals surface area contributed by atoms with Crippen LogP contribution in [0.1, 0.15) is 60.0 Å². The second-order valence-electron chi connectivity index (χ2n) is 8.62. The Morgan fingerprint density at radius 1 is 0.895 bits per heavy atom. The molecule has 1 unspecified atom stereocenters. The van der Waals surface area contributed by atoms with E-state index in [2.05, 4.69) is 0 Å². The molecule has 0 N–H and O–H groups in total. The van der Waals surface area contributed by atoms with Gasteiger partial charge in [0.15, 0.2) is 5.78 Å². The smallest absolute Gasteiger partial charge is 0.300 e. The Bertz CT molecular complexity index is 1200. The fourth-order valence-corrected chi connectivity index (χ4v) is 4.44. The number of hydrogen-bond acceptors (Lipinski definition) is 2. The normalized spacial score (nSPS) is 14.4. The number of alkyl halides is 6. The predicted octanol–water partition coefficient (Wildman–Crippen LogP) is 10.5. The lowest BCUT2D eigenvalue weighted by atomic mass is 9.93. The number of allylic oxidation sites excluding steroid dienone is 1. The summed E-state index contributed by atoms with van der Waals surface area (Å²) >= 11 is 23.5. The zero-order valence-corrected chi connectivity index (χ0v) is 22.4. The highest BCUT2D eigenvalue weighted by molar-refractivity contribution is 6.48. The number of carbonyl (C=O) groups excluding carboxylic acids is 2. The summed E-state index contributed by atoms with van der Waals surface area (Å²) in [6.07, 6.45) is -11.5. The summed E-state index contributed by atoms with van der Waals surface area (Å²) in [5.74, 6) is -5.55. The Labute approximate surface area is 233 Å². The third kappa shape index (κ3) is 9.43. The predicted molar refractivity (Wildman–Crippen MR) is 134 cm³/mol. The third-order valence-corrected chi connectivity index (χ3v) is 6.88. The number of benzene rings is 2. The molecule has 2 aromatic carbocycles. The van der Waals surface area contributed by atoms with Crippen molar-refractivity contribution in [3.63, 3.8) is 0 Å². The Morgan fingerprint density at radius 2 is 1.47 bits per heavy atom. The van der Waals surface area contributed by atoms with Crippen molar-refractivity contribution >= 4 is 63.8 Å². The Morgan fingerprint density at radius 3 is 1.97 bits per heavy atom. The number of halogens is 11. The first kappa shape index (κ1) is 32.4. The third-order valence-electron chi connectivity index (χ3n) is 5.37. The van der Waals surface area contributed by atoms with Gasteiger partial charge in [-0.15, -0.1) is 0 Å². The van der Waals surface area contributed by atoms with Crippen molar-refractivity contribution in [2.45, 2.75) is 50.9 Å². The van der Waals surface area contributed by atoms with Crippen molar-refractivity contribution < 1.29 is 40.3 Å². The van der Waals surface area contributed by atoms with Crippen molar-refractivity contribution in [3.05, 3.63) is 73.2 Å². The fraction of sp³-hybridized carbons (Fsp3) is 0.360. The van der Waals surface area contributed by atoms with E-state index in [9.17, 15) is 40.3 Å². The lowest BCUT2D eigenvalue weighted by Crippen LogP contribution is -2.19. The zero-order chi connectivity index (χ0) is 29.0. The van der Waals surface area contributed by atoms with Gasteiger partial charge >= 0.3 is 12.4 Å². The van der Waals surface area contributed by atoms with Crippen LogP contribution >= 0.6 is 46.4 Å². The first-order valence-electron chi connectivity index (χ1n) is 10.9. The van der Waals surface area contributed by atoms with Gasteiger partial charge in [0.05, 0.1) is 26.5 Å². The van der Waals surface area contributed by atoms with Crippen LogP contribution in [0.4, 0.5) is 30.7 Å². The van der Waals surface area contributed by atoms with Gasteiger partial charge in [0.2, 0.25) is 0 Å². The number of carbonyl (C=O) groups is 2. The minimum absolute atomic E-state index is 0.0820. The molecule has 0 aromatic heterocycles. The van der Waals surface area contributed by atoms with Crippen LogP contribution in [-0.2, 0) is 4.79 Å². The summed E-state index contributed by atoms with van der Waals surface area (Å²) in [5.41, 5.74) is -0.882. The Balaban J connectivity index is 2.21. The van der Waals surface area contributed by atoms with Crippen molar-refractivity contribution in [1.82, 2.24) is 0 Å². The average Bonchev–Trinajstić information content (AvgIpc) is 2.77. The quantitative estimate of drug-likeness (QED) is 0.149. The second kappa shape index (κ2) is 13.0. The molecule has 0 spiro atoms. The molecular weight excluding hydrogens is 607 g/mol. The highest BCUT2D eigenvalue weighted by Crippen LogP contribution is 2.42. The van der Waals surface area contributed by atoms with Gasteiger partial charge in [0, 0.05) is 30.4 Å². The van der Waals surface area contributed by atoms with Crippen molar-refractivity contribution in [2.24, 2.45) is 5.92 Å². The number of hydrogen-bond donors (Lipinski definition) is 0. The van der Waals surface area contributed by atoms with Crippen molar-refractivity contribution in [3.8, 4) is 0 Å². The first-order valence-corrected chi connectivity index (χ1v) is 12.4. The molecule has 0 bridgehead atoms. The lowest BCUT2D eigenvalue weighted by molar-refractivity contribution is -0.143. The number of rotatable bonds is 10. The van der Waals surface area contributed by atoms with Crippen LogP contribution in [0.3, 0.4) is 0 Å². The van der Waals surface area contributed by atoms with Gasteiger partial charge in [0.25, 0.3) is 0 Å². The summed E-state index contributed by atoms with van der Waals surface area (Å²) in [5, 5.41) is -0.916. The van der Waals surface area contributed by atoms with Crippen LogP contribution in [0, 0.1) is 5.92 Å². The minimum Gasteiger partial charge on any atom is -0.300 e. The standard InChI is InChI=1S/C25H19Cl4F7O2/c1-12(6-15(37)4-5-24(31,32)33)7-22(38)16-3-2-13(8-18(16)26)21(30)11-17(25(34,35)36)14-9-19(27)23(29)20(28)10-14/h2-3,8-12,17H,4-7H2,1H3/b21-11-/t12-,17?/m1/s1. The van der Waals surface area contributed by atoms with E-state index in [-0.39, 0.29) is 44.1 Å². The molecule has 0 heterocycles. The summed E-state index contributed by atoms with van der Waals surface area (Å²) in [4.78, 5) is 24.3. The van der Waals surface area contributed by atoms with Gasteiger partial charge in [0.1, 0.15) is 17.5 Å². The molecule has 2 rings (SSSR count). The van der Waals surface area contributed by atoms with Gasteiger partial charge < -0.3 is 0 Å². The Kier molecular flexibility index (Phi) is 11.1. The molecular formula is C25H19Cl4F7O2. The van der Waals surface area contributed by atoms with E-state index in [1.165, 1.54) is 6.92 Å². The van der Waals surface area contributed by atoms with Crippen LogP contribution in [0.15, 0.2) is 36.4 Å². The molecule has 0 aliphatic rings. The number of ketones is 2. The van der Waals surface area contributed by atoms with Crippen LogP contribution in [0.5, 0.6) is 0 Å². The van der Waals surface area contributed by atoms with Crippen molar-refractivity contribution in [2.75, 3.05) is 0 Å². The maximum Gasteiger partial charge on any atom is 0.399 e. The molecule has 2 aromatic rings. The molecule has 208 valence electrons. The van der Waals surface area contributed by atoms with E-state index in [1.807, 2.05) is 0 Å². The molecule has 0 radical (unpaired) electrons. The van der Waals surface area contributed by atoms with Crippen LogP contribution in [0.2, 0.25) is 20.1 Å². The van der Waals surface area contributed by atoms with E-state index in [0.717, 1.165) is 30.3 Å². The average molecular weight is 626 g/mol. The van der Waals surface area contributed by atoms with E-state index in [4.69, 9.17) is 46.4 Å². The summed E-state index contributed by atoms with van der Waals surface area (Å²) in [7, 11) is 0. The molecule has 13 heteroatoms. The van der Waals surface area contributed by atoms with Gasteiger partial charge in [-0.25, -0.2) is 4.39 Å². The summed E-state index contributed by atoms with van der Waals surface area (Å²) in [6.45, 7) is 1.50. The maximum absolute atomic E-state index is 14.9. The summed E-state index contributed by atoms with van der Waals surface area (Å²) in [6, 6.07) is 4.97. The van der Waals surface area contributed by atoms with E-state index in [1.54, 1.807) is 0 Å². The monoisotopic (exact) mass is 624 g/mol. The molecule has 0 aliphatic carbocycles. The van der Waals surface area contributed by atoms with E-state index in [0.29, 0.717) is 6.08 Å². The first-order chi connectivity index (χ1) is 17.4. The molecule has 0 aliphatic heterocycles. The lowest BCUT2D eigenvalue weighted by Gasteiger charge is -2.19. The minimum atomic E-state index is -4.93. The van der Waals surface area contributed by atoms with E-state index < -0.39 is 60.0 Å². The SMILES string of the molecule is C[C@H](CC(=O)CCC(F)(F)F)CC(=O)c1ccc(/C(F)=C/C(c2cc(Cl)c(Cl)c(Cl)c2)C(F)(F)F)cc1Cl. The van der Waals surface area contributed by atoms with Gasteiger partial charge in [-0.3, -0.25) is 9.59 Å². The van der Waals surface area contributed by atoms with Gasteiger partial charge in [-0.2, -0.15) is 26.3 Å². The molecule has 0 saturated heterocycles. The fourth-order valence-electron chi connectivity index (χ4n) is 3.54. The highest BCUT2D eigenvalue weighted by atomic mass is 35.5. The largest absolute Gasteiger partial charge is 0.399 e. The van der Waals surface area contributed by atoms with Crippen LogP contribution in [-0.4, -0.2) is 23.9 Å². The van der Waals surface area contributed by atoms with Crippen LogP contribution in [0.25, 0.3) is 5.83 Å².